The van der Waals surface area contributed by atoms with Gasteiger partial charge in [-0.3, -0.25) is 0 Å². The smallest absolute Gasteiger partial charge is 0.119 e. The monoisotopic (exact) mass is 338 g/mol. The Labute approximate surface area is 116 Å². The van der Waals surface area contributed by atoms with Gasteiger partial charge in [0.05, 0.1) is 6.61 Å². The third-order valence-corrected chi connectivity index (χ3v) is 1.77. The van der Waals surface area contributed by atoms with Crippen molar-refractivity contribution in [1.29, 1.82) is 0 Å². The average Bonchev–Trinajstić information content (AvgIpc) is 2.15. The van der Waals surface area contributed by atoms with Gasteiger partial charge in [-0.05, 0) is 30.7 Å². The number of benzene rings is 1. The number of terminal acetylenes is 1. The molecule has 0 unspecified atom stereocenters. The van der Waals surface area contributed by atoms with E-state index in [1.54, 1.807) is 0 Å². The Morgan fingerprint density at radius 3 is 2.71 bits per heavy atom. The Hall–Kier alpha value is -0.160. The van der Waals surface area contributed by atoms with E-state index in [0.29, 0.717) is 6.61 Å². The zero-order valence-corrected chi connectivity index (χ0v) is 10.1. The summed E-state index contributed by atoms with van der Waals surface area (Å²) in [5.41, 5.74) is 1.99. The molecule has 0 amide bonds. The summed E-state index contributed by atoms with van der Waals surface area (Å²) in [6.45, 7) is 6.33. The van der Waals surface area contributed by atoms with Crippen LogP contribution in [-0.2, 0) is 0 Å². The Morgan fingerprint density at radius 1 is 1.50 bits per heavy atom. The summed E-state index contributed by atoms with van der Waals surface area (Å²) in [6, 6.07) is 5.73. The summed E-state index contributed by atoms with van der Waals surface area (Å²) in [5, 5.41) is 0. The van der Waals surface area contributed by atoms with Gasteiger partial charge in [-0.2, -0.15) is 0 Å². The molecule has 0 heterocycles. The molecule has 0 saturated heterocycles. The molecule has 79 valence electrons. The Kier molecular flexibility index (Phi) is 7.09. The molecule has 0 fully saturated rings. The molecule has 0 aliphatic heterocycles. The van der Waals surface area contributed by atoms with Crippen molar-refractivity contribution < 1.29 is 42.5 Å². The molecular weight excluding hydrogens is 325 g/mol. The average molecular weight is 338 g/mol. The van der Waals surface area contributed by atoms with Crippen LogP contribution in [0.15, 0.2) is 18.2 Å². The molecule has 1 aromatic carbocycles. The predicted octanol–water partition coefficient (Wildman–Crippen LogP) is 2.58. The SMILES string of the molecule is C#Cc1ccc(OCC[CH2-])cc1C.[Ho]. The minimum atomic E-state index is 0. The van der Waals surface area contributed by atoms with E-state index in [9.17, 15) is 0 Å². The molecule has 0 spiro atoms. The van der Waals surface area contributed by atoms with E-state index in [1.165, 1.54) is 0 Å². The molecule has 1 nitrogen and oxygen atoms in total. The van der Waals surface area contributed by atoms with E-state index in [-0.39, 0.29) is 37.7 Å². The van der Waals surface area contributed by atoms with E-state index < -0.39 is 0 Å². The van der Waals surface area contributed by atoms with Crippen LogP contribution in [0.25, 0.3) is 0 Å². The van der Waals surface area contributed by atoms with Gasteiger partial charge in [-0.1, -0.05) is 5.92 Å². The molecule has 0 aromatic heterocycles. The molecule has 14 heavy (non-hydrogen) atoms. The summed E-state index contributed by atoms with van der Waals surface area (Å²) in [6.07, 6.45) is 6.07. The maximum atomic E-state index is 5.40. The minimum absolute atomic E-state index is 0. The summed E-state index contributed by atoms with van der Waals surface area (Å²) in [7, 11) is 0. The zero-order chi connectivity index (χ0) is 9.68. The van der Waals surface area contributed by atoms with Gasteiger partial charge in [0, 0.05) is 43.3 Å². The first-order chi connectivity index (χ1) is 6.27. The van der Waals surface area contributed by atoms with E-state index in [4.69, 9.17) is 11.2 Å². The molecular formula is C12H13HoO-. The number of ether oxygens (including phenoxy) is 1. The molecule has 1 rings (SSSR count). The van der Waals surface area contributed by atoms with E-state index in [2.05, 4.69) is 12.8 Å². The second-order valence-corrected chi connectivity index (χ2v) is 2.82. The largest absolute Gasteiger partial charge is 0.496 e. The van der Waals surface area contributed by atoms with Crippen molar-refractivity contribution in [1.82, 2.24) is 0 Å². The summed E-state index contributed by atoms with van der Waals surface area (Å²) < 4.78 is 5.40. The Bertz CT molecular complexity index is 326. The molecule has 1 aromatic rings. The van der Waals surface area contributed by atoms with Gasteiger partial charge in [0.1, 0.15) is 5.75 Å². The van der Waals surface area contributed by atoms with Crippen LogP contribution >= 0.6 is 0 Å². The molecule has 1 radical (unpaired) electrons. The fourth-order valence-electron chi connectivity index (χ4n) is 1.08. The van der Waals surface area contributed by atoms with Crippen molar-refractivity contribution in [3.63, 3.8) is 0 Å². The van der Waals surface area contributed by atoms with Gasteiger partial charge in [0.15, 0.2) is 0 Å². The Balaban J connectivity index is 0.00000169. The summed E-state index contributed by atoms with van der Waals surface area (Å²) in [4.78, 5) is 0. The minimum Gasteiger partial charge on any atom is -0.496 e. The zero-order valence-electron chi connectivity index (χ0n) is 8.14. The topological polar surface area (TPSA) is 9.23 Å². The van der Waals surface area contributed by atoms with Crippen LogP contribution < -0.4 is 4.74 Å². The first-order valence-electron chi connectivity index (χ1n) is 4.27. The standard InChI is InChI=1S/C12H13O.Ho/c1-4-8-13-12-7-6-11(5-2)10(3)9-12;/h2,6-7,9H,1,4,8H2,3H3;/q-1;. The van der Waals surface area contributed by atoms with Crippen molar-refractivity contribution >= 4 is 0 Å². The van der Waals surface area contributed by atoms with Gasteiger partial charge in [-0.15, -0.1) is 12.8 Å². The molecule has 0 atom stereocenters. The molecule has 0 saturated carbocycles. The maximum Gasteiger partial charge on any atom is 0.119 e. The molecule has 2 heteroatoms. The summed E-state index contributed by atoms with van der Waals surface area (Å²) in [5.74, 6) is 3.47. The number of rotatable bonds is 3. The molecule has 0 N–H and O–H groups in total. The first-order valence-corrected chi connectivity index (χ1v) is 4.27. The fourth-order valence-corrected chi connectivity index (χ4v) is 1.08. The van der Waals surface area contributed by atoms with Crippen LogP contribution in [0.5, 0.6) is 5.75 Å². The number of hydrogen-bond acceptors (Lipinski definition) is 1. The van der Waals surface area contributed by atoms with Gasteiger partial charge >= 0.3 is 0 Å². The Morgan fingerprint density at radius 2 is 2.21 bits per heavy atom. The van der Waals surface area contributed by atoms with Crippen LogP contribution in [0.2, 0.25) is 0 Å². The normalized spacial score (nSPS) is 8.64. The van der Waals surface area contributed by atoms with Gasteiger partial charge in [0.2, 0.25) is 0 Å². The van der Waals surface area contributed by atoms with Crippen LogP contribution in [-0.4, -0.2) is 6.61 Å². The van der Waals surface area contributed by atoms with Crippen molar-refractivity contribution in [3.05, 3.63) is 36.2 Å². The van der Waals surface area contributed by atoms with Crippen LogP contribution in [0, 0.1) is 63.9 Å². The van der Waals surface area contributed by atoms with Crippen LogP contribution in [0.4, 0.5) is 0 Å². The predicted molar refractivity (Wildman–Crippen MR) is 54.6 cm³/mol. The summed E-state index contributed by atoms with van der Waals surface area (Å²) >= 11 is 0. The van der Waals surface area contributed by atoms with Crippen molar-refractivity contribution in [2.75, 3.05) is 6.61 Å². The van der Waals surface area contributed by atoms with E-state index >= 15 is 0 Å². The molecule has 0 aliphatic carbocycles. The first kappa shape index (κ1) is 13.8. The maximum absolute atomic E-state index is 5.40. The van der Waals surface area contributed by atoms with Crippen molar-refractivity contribution in [2.24, 2.45) is 0 Å². The van der Waals surface area contributed by atoms with Crippen LogP contribution in [0.3, 0.4) is 0 Å². The van der Waals surface area contributed by atoms with E-state index in [0.717, 1.165) is 23.3 Å². The quantitative estimate of drug-likeness (QED) is 0.468. The van der Waals surface area contributed by atoms with Gasteiger partial charge in [-0.25, -0.2) is 0 Å². The van der Waals surface area contributed by atoms with E-state index in [1.807, 2.05) is 25.1 Å². The molecule has 0 aliphatic rings. The second kappa shape index (κ2) is 7.17. The third kappa shape index (κ3) is 3.92. The molecule has 0 bridgehead atoms. The van der Waals surface area contributed by atoms with Crippen LogP contribution in [0.1, 0.15) is 17.5 Å². The fraction of sp³-hybridized carbons (Fsp3) is 0.250. The van der Waals surface area contributed by atoms with Crippen molar-refractivity contribution in [3.8, 4) is 18.1 Å². The van der Waals surface area contributed by atoms with Gasteiger partial charge in [0.25, 0.3) is 0 Å². The third-order valence-electron chi connectivity index (χ3n) is 1.77. The van der Waals surface area contributed by atoms with Gasteiger partial charge < -0.3 is 11.7 Å². The number of hydrogen-bond donors (Lipinski definition) is 0. The second-order valence-electron chi connectivity index (χ2n) is 2.82. The van der Waals surface area contributed by atoms with Crippen molar-refractivity contribution in [2.45, 2.75) is 13.3 Å². The number of aryl methyl sites for hydroxylation is 1.